The molecule has 1 aliphatic heterocycles. The maximum absolute atomic E-state index is 11.3. The molecule has 0 unspecified atom stereocenters. The SMILES string of the molecule is O=C1Cc2cc(-c3ccnc(CO)n3)ccc2N1. The first kappa shape index (κ1) is 10.9. The topological polar surface area (TPSA) is 75.1 Å². The van der Waals surface area contributed by atoms with Crippen molar-refractivity contribution in [2.75, 3.05) is 5.32 Å². The van der Waals surface area contributed by atoms with E-state index < -0.39 is 0 Å². The Kier molecular flexibility index (Phi) is 2.53. The van der Waals surface area contributed by atoms with Crippen molar-refractivity contribution in [3.63, 3.8) is 0 Å². The third kappa shape index (κ3) is 1.84. The fourth-order valence-electron chi connectivity index (χ4n) is 2.02. The van der Waals surface area contributed by atoms with Crippen molar-refractivity contribution in [2.24, 2.45) is 0 Å². The van der Waals surface area contributed by atoms with E-state index >= 15 is 0 Å². The standard InChI is InChI=1S/C13H11N3O2/c17-7-12-14-4-3-11(15-12)8-1-2-10-9(5-8)6-13(18)16-10/h1-5,17H,6-7H2,(H,16,18). The van der Waals surface area contributed by atoms with Crippen LogP contribution in [0.15, 0.2) is 30.5 Å². The van der Waals surface area contributed by atoms with E-state index in [1.165, 1.54) is 0 Å². The van der Waals surface area contributed by atoms with E-state index in [1.54, 1.807) is 12.3 Å². The molecule has 0 atom stereocenters. The number of benzene rings is 1. The van der Waals surface area contributed by atoms with Gasteiger partial charge >= 0.3 is 0 Å². The number of fused-ring (bicyclic) bond motifs is 1. The number of aromatic nitrogens is 2. The zero-order valence-electron chi connectivity index (χ0n) is 9.55. The van der Waals surface area contributed by atoms with Gasteiger partial charge in [0.2, 0.25) is 5.91 Å². The number of aliphatic hydroxyl groups excluding tert-OH is 1. The molecule has 1 aromatic carbocycles. The van der Waals surface area contributed by atoms with E-state index in [9.17, 15) is 4.79 Å². The highest BCUT2D eigenvalue weighted by molar-refractivity contribution is 5.99. The zero-order valence-corrected chi connectivity index (χ0v) is 9.55. The Labute approximate surface area is 104 Å². The van der Waals surface area contributed by atoms with Crippen molar-refractivity contribution >= 4 is 11.6 Å². The number of nitrogens with one attached hydrogen (secondary N) is 1. The monoisotopic (exact) mass is 241 g/mol. The van der Waals surface area contributed by atoms with Gasteiger partial charge in [-0.05, 0) is 23.8 Å². The lowest BCUT2D eigenvalue weighted by Gasteiger charge is -2.04. The molecule has 2 heterocycles. The quantitative estimate of drug-likeness (QED) is 0.826. The minimum absolute atomic E-state index is 0.0147. The Balaban J connectivity index is 2.02. The molecular weight excluding hydrogens is 230 g/mol. The third-order valence-electron chi connectivity index (χ3n) is 2.87. The third-order valence-corrected chi connectivity index (χ3v) is 2.87. The van der Waals surface area contributed by atoms with Gasteiger partial charge < -0.3 is 10.4 Å². The van der Waals surface area contributed by atoms with E-state index in [1.807, 2.05) is 18.2 Å². The van der Waals surface area contributed by atoms with Gasteiger partial charge in [-0.25, -0.2) is 9.97 Å². The number of anilines is 1. The summed E-state index contributed by atoms with van der Waals surface area (Å²) in [6.07, 6.45) is 2.02. The Morgan fingerprint density at radius 3 is 3.06 bits per heavy atom. The summed E-state index contributed by atoms with van der Waals surface area (Å²) in [5.74, 6) is 0.406. The maximum Gasteiger partial charge on any atom is 0.228 e. The van der Waals surface area contributed by atoms with Crippen LogP contribution in [-0.2, 0) is 17.8 Å². The van der Waals surface area contributed by atoms with Crippen LogP contribution in [0.25, 0.3) is 11.3 Å². The van der Waals surface area contributed by atoms with Gasteiger partial charge in [-0.2, -0.15) is 0 Å². The van der Waals surface area contributed by atoms with Crippen LogP contribution in [-0.4, -0.2) is 21.0 Å². The molecule has 1 aliphatic rings. The highest BCUT2D eigenvalue weighted by Gasteiger charge is 2.17. The summed E-state index contributed by atoms with van der Waals surface area (Å²) in [6, 6.07) is 7.49. The summed E-state index contributed by atoms with van der Waals surface area (Å²) in [4.78, 5) is 19.5. The Morgan fingerprint density at radius 2 is 2.22 bits per heavy atom. The van der Waals surface area contributed by atoms with Crippen LogP contribution in [0.4, 0.5) is 5.69 Å². The molecule has 18 heavy (non-hydrogen) atoms. The van der Waals surface area contributed by atoms with Crippen molar-refractivity contribution in [1.82, 2.24) is 9.97 Å². The number of aliphatic hydroxyl groups is 1. The van der Waals surface area contributed by atoms with E-state index in [4.69, 9.17) is 5.11 Å². The molecule has 90 valence electrons. The highest BCUT2D eigenvalue weighted by Crippen LogP contribution is 2.27. The minimum Gasteiger partial charge on any atom is -0.388 e. The lowest BCUT2D eigenvalue weighted by Crippen LogP contribution is -2.03. The Hall–Kier alpha value is -2.27. The number of amides is 1. The number of hydrogen-bond acceptors (Lipinski definition) is 4. The van der Waals surface area contributed by atoms with Crippen LogP contribution >= 0.6 is 0 Å². The molecule has 1 amide bonds. The predicted molar refractivity (Wildman–Crippen MR) is 65.7 cm³/mol. The van der Waals surface area contributed by atoms with Gasteiger partial charge in [0.25, 0.3) is 0 Å². The van der Waals surface area contributed by atoms with Crippen LogP contribution < -0.4 is 5.32 Å². The molecule has 0 spiro atoms. The lowest BCUT2D eigenvalue weighted by molar-refractivity contribution is -0.115. The highest BCUT2D eigenvalue weighted by atomic mass is 16.3. The summed E-state index contributed by atoms with van der Waals surface area (Å²) < 4.78 is 0. The van der Waals surface area contributed by atoms with Gasteiger partial charge in [0.15, 0.2) is 5.82 Å². The first-order chi connectivity index (χ1) is 8.76. The van der Waals surface area contributed by atoms with Gasteiger partial charge in [-0.15, -0.1) is 0 Å². The second-order valence-electron chi connectivity index (χ2n) is 4.11. The zero-order chi connectivity index (χ0) is 12.5. The first-order valence-electron chi connectivity index (χ1n) is 5.62. The molecule has 1 aromatic heterocycles. The molecule has 2 N–H and O–H groups in total. The lowest BCUT2D eigenvalue weighted by atomic mass is 10.1. The number of carbonyl (C=O) groups is 1. The molecule has 0 fully saturated rings. The number of nitrogens with zero attached hydrogens (tertiary/aromatic N) is 2. The smallest absolute Gasteiger partial charge is 0.228 e. The first-order valence-corrected chi connectivity index (χ1v) is 5.62. The molecule has 5 nitrogen and oxygen atoms in total. The van der Waals surface area contributed by atoms with Crippen molar-refractivity contribution in [1.29, 1.82) is 0 Å². The molecule has 3 rings (SSSR count). The Morgan fingerprint density at radius 1 is 1.33 bits per heavy atom. The van der Waals surface area contributed by atoms with Gasteiger partial charge in [0, 0.05) is 17.4 Å². The van der Waals surface area contributed by atoms with Crippen LogP contribution in [0.5, 0.6) is 0 Å². The van der Waals surface area contributed by atoms with Crippen LogP contribution in [0.2, 0.25) is 0 Å². The van der Waals surface area contributed by atoms with Crippen LogP contribution in [0.3, 0.4) is 0 Å². The second-order valence-corrected chi connectivity index (χ2v) is 4.11. The minimum atomic E-state index is -0.182. The molecule has 5 heteroatoms. The summed E-state index contributed by atoms with van der Waals surface area (Å²) in [6.45, 7) is -0.182. The summed E-state index contributed by atoms with van der Waals surface area (Å²) in [5, 5.41) is 11.8. The maximum atomic E-state index is 11.3. The van der Waals surface area contributed by atoms with Crippen molar-refractivity contribution in [3.05, 3.63) is 41.9 Å². The van der Waals surface area contributed by atoms with Crippen molar-refractivity contribution in [2.45, 2.75) is 13.0 Å². The fourth-order valence-corrected chi connectivity index (χ4v) is 2.02. The largest absolute Gasteiger partial charge is 0.388 e. The molecule has 0 aliphatic carbocycles. The van der Waals surface area contributed by atoms with Gasteiger partial charge in [-0.1, -0.05) is 6.07 Å². The van der Waals surface area contributed by atoms with Gasteiger partial charge in [-0.3, -0.25) is 4.79 Å². The van der Waals surface area contributed by atoms with E-state index in [0.29, 0.717) is 12.2 Å². The van der Waals surface area contributed by atoms with Crippen LogP contribution in [0.1, 0.15) is 11.4 Å². The van der Waals surface area contributed by atoms with Gasteiger partial charge in [0.05, 0.1) is 12.1 Å². The molecule has 0 radical (unpaired) electrons. The number of hydrogen-bond donors (Lipinski definition) is 2. The Bertz CT molecular complexity index is 625. The normalized spacial score (nSPS) is 13.3. The number of carbonyl (C=O) groups excluding carboxylic acids is 1. The summed E-state index contributed by atoms with van der Waals surface area (Å²) in [7, 11) is 0. The van der Waals surface area contributed by atoms with Gasteiger partial charge in [0.1, 0.15) is 6.61 Å². The average molecular weight is 241 g/mol. The van der Waals surface area contributed by atoms with E-state index in [-0.39, 0.29) is 12.5 Å². The number of rotatable bonds is 2. The predicted octanol–water partition coefficient (Wildman–Crippen LogP) is 1.13. The van der Waals surface area contributed by atoms with Crippen LogP contribution in [0, 0.1) is 0 Å². The van der Waals surface area contributed by atoms with Crippen molar-refractivity contribution in [3.8, 4) is 11.3 Å². The molecule has 2 aromatic rings. The molecule has 0 saturated carbocycles. The van der Waals surface area contributed by atoms with Crippen molar-refractivity contribution < 1.29 is 9.90 Å². The average Bonchev–Trinajstić information content (AvgIpc) is 2.77. The van der Waals surface area contributed by atoms with E-state index in [2.05, 4.69) is 15.3 Å². The molecule has 0 saturated heterocycles. The summed E-state index contributed by atoms with van der Waals surface area (Å²) in [5.41, 5.74) is 3.50. The summed E-state index contributed by atoms with van der Waals surface area (Å²) >= 11 is 0. The van der Waals surface area contributed by atoms with E-state index in [0.717, 1.165) is 22.5 Å². The fraction of sp³-hybridized carbons (Fsp3) is 0.154. The second kappa shape index (κ2) is 4.19. The molecule has 0 bridgehead atoms. The molecular formula is C13H11N3O2.